The lowest BCUT2D eigenvalue weighted by Gasteiger charge is -2.14. The van der Waals surface area contributed by atoms with Crippen molar-refractivity contribution in [1.82, 2.24) is 9.97 Å². The first-order chi connectivity index (χ1) is 16.9. The molecule has 35 heavy (non-hydrogen) atoms. The summed E-state index contributed by atoms with van der Waals surface area (Å²) >= 11 is 0. The SMILES string of the molecule is Cc1cc(C)nc(Oc2cccc(NC(=O)c3ccc(N4C(=O)c5ccccc5C4=O)cc3)c2)n1. The highest BCUT2D eigenvalue weighted by Crippen LogP contribution is 2.29. The van der Waals surface area contributed by atoms with Crippen LogP contribution in [0, 0.1) is 13.8 Å². The Morgan fingerprint density at radius 2 is 1.43 bits per heavy atom. The molecule has 4 aromatic rings. The second-order valence-corrected chi connectivity index (χ2v) is 8.06. The molecule has 0 radical (unpaired) electrons. The van der Waals surface area contributed by atoms with E-state index in [1.54, 1.807) is 72.8 Å². The molecule has 0 unspecified atom stereocenters. The third-order valence-corrected chi connectivity index (χ3v) is 5.44. The fraction of sp³-hybridized carbons (Fsp3) is 0.0741. The Labute approximate surface area is 201 Å². The van der Waals surface area contributed by atoms with E-state index in [-0.39, 0.29) is 23.7 Å². The number of benzene rings is 3. The van der Waals surface area contributed by atoms with E-state index in [9.17, 15) is 14.4 Å². The average Bonchev–Trinajstić information content (AvgIpc) is 3.09. The molecular formula is C27H20N4O4. The Hall–Kier alpha value is -4.85. The van der Waals surface area contributed by atoms with Crippen molar-refractivity contribution in [2.45, 2.75) is 13.8 Å². The van der Waals surface area contributed by atoms with Crippen LogP contribution < -0.4 is 15.0 Å². The van der Waals surface area contributed by atoms with E-state index in [0.29, 0.717) is 33.8 Å². The molecule has 2 heterocycles. The van der Waals surface area contributed by atoms with E-state index in [1.807, 2.05) is 19.9 Å². The number of hydrogen-bond acceptors (Lipinski definition) is 6. The normalized spacial score (nSPS) is 12.5. The van der Waals surface area contributed by atoms with E-state index in [1.165, 1.54) is 0 Å². The average molecular weight is 464 g/mol. The van der Waals surface area contributed by atoms with Crippen LogP contribution >= 0.6 is 0 Å². The van der Waals surface area contributed by atoms with Crippen LogP contribution in [0.5, 0.6) is 11.8 Å². The molecule has 172 valence electrons. The number of carbonyl (C=O) groups is 3. The Kier molecular flexibility index (Phi) is 5.54. The summed E-state index contributed by atoms with van der Waals surface area (Å²) in [5.74, 6) is -0.632. The Balaban J connectivity index is 1.29. The predicted octanol–water partition coefficient (Wildman–Crippen LogP) is 4.94. The summed E-state index contributed by atoms with van der Waals surface area (Å²) in [6.07, 6.45) is 0. The topological polar surface area (TPSA) is 101 Å². The number of nitrogens with zero attached hydrogens (tertiary/aromatic N) is 3. The highest BCUT2D eigenvalue weighted by Gasteiger charge is 2.36. The predicted molar refractivity (Wildman–Crippen MR) is 130 cm³/mol. The van der Waals surface area contributed by atoms with Gasteiger partial charge in [-0.1, -0.05) is 18.2 Å². The minimum absolute atomic E-state index is 0.231. The molecule has 0 saturated carbocycles. The molecule has 0 atom stereocenters. The zero-order chi connectivity index (χ0) is 24.5. The van der Waals surface area contributed by atoms with Crippen LogP contribution in [0.25, 0.3) is 0 Å². The van der Waals surface area contributed by atoms with Gasteiger partial charge in [0.25, 0.3) is 17.7 Å². The third kappa shape index (κ3) is 4.37. The third-order valence-electron chi connectivity index (χ3n) is 5.44. The number of fused-ring (bicyclic) bond motifs is 1. The number of aromatic nitrogens is 2. The molecule has 1 aromatic heterocycles. The fourth-order valence-corrected chi connectivity index (χ4v) is 3.87. The van der Waals surface area contributed by atoms with E-state index in [0.717, 1.165) is 16.3 Å². The van der Waals surface area contributed by atoms with Crippen molar-refractivity contribution in [3.05, 3.63) is 107 Å². The van der Waals surface area contributed by atoms with Crippen LogP contribution in [-0.2, 0) is 0 Å². The van der Waals surface area contributed by atoms with Crippen molar-refractivity contribution in [3.63, 3.8) is 0 Å². The van der Waals surface area contributed by atoms with Gasteiger partial charge >= 0.3 is 6.01 Å². The van der Waals surface area contributed by atoms with E-state index in [2.05, 4.69) is 15.3 Å². The molecule has 0 fully saturated rings. The van der Waals surface area contributed by atoms with Gasteiger partial charge in [-0.05, 0) is 68.4 Å². The molecule has 8 nitrogen and oxygen atoms in total. The fourth-order valence-electron chi connectivity index (χ4n) is 3.87. The molecule has 1 N–H and O–H groups in total. The van der Waals surface area contributed by atoms with E-state index < -0.39 is 0 Å². The molecule has 5 rings (SSSR count). The van der Waals surface area contributed by atoms with Gasteiger partial charge in [-0.25, -0.2) is 14.9 Å². The molecule has 0 saturated heterocycles. The standard InChI is InChI=1S/C27H20N4O4/c1-16-14-17(2)29-27(28-16)35-21-7-5-6-19(15-21)30-24(32)18-10-12-20(13-11-18)31-25(33)22-8-3-4-9-23(22)26(31)34/h3-15H,1-2H3,(H,30,32). The number of nitrogens with one attached hydrogen (secondary N) is 1. The summed E-state index contributed by atoms with van der Waals surface area (Å²) in [7, 11) is 0. The van der Waals surface area contributed by atoms with Gasteiger partial charge in [-0.3, -0.25) is 14.4 Å². The Morgan fingerprint density at radius 1 is 0.800 bits per heavy atom. The first-order valence-corrected chi connectivity index (χ1v) is 10.9. The zero-order valence-electron chi connectivity index (χ0n) is 19.0. The number of hydrogen-bond donors (Lipinski definition) is 1. The van der Waals surface area contributed by atoms with Crippen LogP contribution in [-0.4, -0.2) is 27.7 Å². The van der Waals surface area contributed by atoms with Crippen molar-refractivity contribution in [2.75, 3.05) is 10.2 Å². The summed E-state index contributed by atoms with van der Waals surface area (Å²) in [5, 5.41) is 2.82. The quantitative estimate of drug-likeness (QED) is 0.420. The summed E-state index contributed by atoms with van der Waals surface area (Å²) < 4.78 is 5.74. The van der Waals surface area contributed by atoms with Crippen molar-refractivity contribution in [1.29, 1.82) is 0 Å². The number of imide groups is 1. The summed E-state index contributed by atoms with van der Waals surface area (Å²) in [6, 6.07) is 22.0. The molecule has 1 aliphatic rings. The maximum Gasteiger partial charge on any atom is 0.322 e. The first-order valence-electron chi connectivity index (χ1n) is 10.9. The molecule has 8 heteroatoms. The lowest BCUT2D eigenvalue weighted by molar-refractivity contribution is 0.0925. The van der Waals surface area contributed by atoms with Crippen molar-refractivity contribution in [2.24, 2.45) is 0 Å². The minimum atomic E-state index is -0.382. The lowest BCUT2D eigenvalue weighted by atomic mass is 10.1. The van der Waals surface area contributed by atoms with Gasteiger partial charge in [0.15, 0.2) is 0 Å². The van der Waals surface area contributed by atoms with Gasteiger partial charge in [-0.2, -0.15) is 0 Å². The van der Waals surface area contributed by atoms with E-state index >= 15 is 0 Å². The van der Waals surface area contributed by atoms with Crippen LogP contribution in [0.3, 0.4) is 0 Å². The molecular weight excluding hydrogens is 444 g/mol. The number of carbonyl (C=O) groups excluding carboxylic acids is 3. The van der Waals surface area contributed by atoms with Crippen LogP contribution in [0.4, 0.5) is 11.4 Å². The molecule has 0 aliphatic carbocycles. The highest BCUT2D eigenvalue weighted by molar-refractivity contribution is 6.34. The molecule has 3 aromatic carbocycles. The van der Waals surface area contributed by atoms with Crippen molar-refractivity contribution < 1.29 is 19.1 Å². The van der Waals surface area contributed by atoms with Gasteiger partial charge in [-0.15, -0.1) is 0 Å². The largest absolute Gasteiger partial charge is 0.424 e. The maximum atomic E-state index is 12.8. The summed E-state index contributed by atoms with van der Waals surface area (Å²) in [5.41, 5.74) is 3.62. The molecule has 3 amide bonds. The number of amides is 3. The number of aryl methyl sites for hydroxylation is 2. The van der Waals surface area contributed by atoms with Crippen LogP contribution in [0.2, 0.25) is 0 Å². The number of ether oxygens (including phenoxy) is 1. The van der Waals surface area contributed by atoms with Gasteiger partial charge in [0.1, 0.15) is 5.75 Å². The van der Waals surface area contributed by atoms with Crippen molar-refractivity contribution in [3.8, 4) is 11.8 Å². The highest BCUT2D eigenvalue weighted by atomic mass is 16.5. The summed E-state index contributed by atoms with van der Waals surface area (Å²) in [4.78, 5) is 47.8. The number of anilines is 2. The Bertz CT molecular complexity index is 1430. The molecule has 0 bridgehead atoms. The Morgan fingerprint density at radius 3 is 2.06 bits per heavy atom. The van der Waals surface area contributed by atoms with Crippen LogP contribution in [0.1, 0.15) is 42.5 Å². The first kappa shape index (κ1) is 22.0. The molecule has 0 spiro atoms. The second-order valence-electron chi connectivity index (χ2n) is 8.06. The van der Waals surface area contributed by atoms with E-state index in [4.69, 9.17) is 4.74 Å². The maximum absolute atomic E-state index is 12.8. The monoisotopic (exact) mass is 464 g/mol. The summed E-state index contributed by atoms with van der Waals surface area (Å²) in [6.45, 7) is 3.72. The lowest BCUT2D eigenvalue weighted by Crippen LogP contribution is -2.29. The van der Waals surface area contributed by atoms with Crippen LogP contribution in [0.15, 0.2) is 78.9 Å². The zero-order valence-corrected chi connectivity index (χ0v) is 19.0. The minimum Gasteiger partial charge on any atom is -0.424 e. The second kappa shape index (κ2) is 8.83. The smallest absolute Gasteiger partial charge is 0.322 e. The van der Waals surface area contributed by atoms with Gasteiger partial charge < -0.3 is 10.1 Å². The van der Waals surface area contributed by atoms with Gasteiger partial charge in [0.2, 0.25) is 0 Å². The number of rotatable bonds is 5. The van der Waals surface area contributed by atoms with Gasteiger partial charge in [0, 0.05) is 28.7 Å². The van der Waals surface area contributed by atoms with Crippen molar-refractivity contribution >= 4 is 29.1 Å². The molecule has 1 aliphatic heterocycles. The van der Waals surface area contributed by atoms with Gasteiger partial charge in [0.05, 0.1) is 16.8 Å².